The molecule has 5 heteroatoms. The first-order chi connectivity index (χ1) is 8.77. The molecule has 0 aliphatic rings. The molecule has 0 bridgehead atoms. The average molecular weight is 260 g/mol. The molecule has 1 amide bonds. The van der Waals surface area contributed by atoms with Crippen molar-refractivity contribution in [2.75, 3.05) is 0 Å². The highest BCUT2D eigenvalue weighted by atomic mass is 32.1. The molecule has 1 atom stereocenters. The number of rotatable bonds is 4. The Morgan fingerprint density at radius 3 is 2.78 bits per heavy atom. The largest absolute Gasteiger partial charge is 0.378 e. The monoisotopic (exact) mass is 260 g/mol. The second-order valence-electron chi connectivity index (χ2n) is 3.60. The van der Waals surface area contributed by atoms with E-state index in [9.17, 15) is 9.90 Å². The van der Waals surface area contributed by atoms with Crippen molar-refractivity contribution >= 4 is 23.5 Å². The Morgan fingerprint density at radius 1 is 1.33 bits per heavy atom. The Hall–Kier alpha value is -1.98. The second kappa shape index (κ2) is 6.09. The standard InChI is InChI=1S/C13H12N2O2S/c16-12(11-4-2-1-3-5-11)13(17)15-14-8-10-6-7-18-9-10/h1-9,12,16H,(H,15,17)/b14-8+. The lowest BCUT2D eigenvalue weighted by Gasteiger charge is -2.08. The number of nitrogens with zero attached hydrogens (tertiary/aromatic N) is 1. The molecular formula is C13H12N2O2S. The van der Waals surface area contributed by atoms with Gasteiger partial charge in [-0.05, 0) is 22.4 Å². The highest BCUT2D eigenvalue weighted by Gasteiger charge is 2.15. The van der Waals surface area contributed by atoms with Crippen molar-refractivity contribution in [1.29, 1.82) is 0 Å². The zero-order valence-corrected chi connectivity index (χ0v) is 10.3. The van der Waals surface area contributed by atoms with Crippen molar-refractivity contribution in [2.24, 2.45) is 5.10 Å². The van der Waals surface area contributed by atoms with Crippen LogP contribution in [-0.4, -0.2) is 17.2 Å². The average Bonchev–Trinajstić information content (AvgIpc) is 2.92. The first-order valence-corrected chi connectivity index (χ1v) is 6.30. The summed E-state index contributed by atoms with van der Waals surface area (Å²) in [5.41, 5.74) is 3.76. The molecule has 2 N–H and O–H groups in total. The summed E-state index contributed by atoms with van der Waals surface area (Å²) in [7, 11) is 0. The molecular weight excluding hydrogens is 248 g/mol. The molecule has 0 saturated heterocycles. The number of aliphatic hydroxyl groups is 1. The molecule has 0 fully saturated rings. The third kappa shape index (κ3) is 3.26. The van der Waals surface area contributed by atoms with Crippen LogP contribution in [0.2, 0.25) is 0 Å². The number of carbonyl (C=O) groups excluding carboxylic acids is 1. The Bertz CT molecular complexity index is 523. The van der Waals surface area contributed by atoms with E-state index in [2.05, 4.69) is 10.5 Å². The number of hydrazone groups is 1. The Balaban J connectivity index is 1.92. The van der Waals surface area contributed by atoms with Gasteiger partial charge in [0.1, 0.15) is 0 Å². The smallest absolute Gasteiger partial charge is 0.273 e. The topological polar surface area (TPSA) is 61.7 Å². The molecule has 0 aliphatic heterocycles. The fourth-order valence-electron chi connectivity index (χ4n) is 1.37. The van der Waals surface area contributed by atoms with Crippen LogP contribution in [0.5, 0.6) is 0 Å². The fourth-order valence-corrected chi connectivity index (χ4v) is 1.98. The van der Waals surface area contributed by atoms with Crippen LogP contribution in [0.1, 0.15) is 17.2 Å². The molecule has 1 aromatic carbocycles. The number of hydrogen-bond donors (Lipinski definition) is 2. The maximum Gasteiger partial charge on any atom is 0.273 e. The second-order valence-corrected chi connectivity index (χ2v) is 4.38. The maximum atomic E-state index is 11.6. The SMILES string of the molecule is O=C(N/N=C/c1ccsc1)C(O)c1ccccc1. The van der Waals surface area contributed by atoms with Crippen molar-refractivity contribution in [2.45, 2.75) is 6.10 Å². The van der Waals surface area contributed by atoms with Crippen LogP contribution in [-0.2, 0) is 4.79 Å². The lowest BCUT2D eigenvalue weighted by molar-refractivity contribution is -0.129. The fraction of sp³-hybridized carbons (Fsp3) is 0.0769. The lowest BCUT2D eigenvalue weighted by atomic mass is 10.1. The molecule has 92 valence electrons. The molecule has 0 radical (unpaired) electrons. The van der Waals surface area contributed by atoms with E-state index in [4.69, 9.17) is 0 Å². The zero-order valence-electron chi connectivity index (χ0n) is 9.48. The van der Waals surface area contributed by atoms with E-state index in [0.29, 0.717) is 5.56 Å². The van der Waals surface area contributed by atoms with Crippen molar-refractivity contribution in [1.82, 2.24) is 5.43 Å². The van der Waals surface area contributed by atoms with Crippen molar-refractivity contribution in [3.63, 3.8) is 0 Å². The maximum absolute atomic E-state index is 11.6. The summed E-state index contributed by atoms with van der Waals surface area (Å²) < 4.78 is 0. The van der Waals surface area contributed by atoms with Gasteiger partial charge in [-0.2, -0.15) is 16.4 Å². The summed E-state index contributed by atoms with van der Waals surface area (Å²) >= 11 is 1.55. The minimum Gasteiger partial charge on any atom is -0.378 e. The quantitative estimate of drug-likeness (QED) is 0.652. The van der Waals surface area contributed by atoms with Gasteiger partial charge in [0.2, 0.25) is 0 Å². The van der Waals surface area contributed by atoms with E-state index in [1.807, 2.05) is 22.9 Å². The minimum atomic E-state index is -1.20. The third-order valence-corrected chi connectivity index (χ3v) is 3.00. The zero-order chi connectivity index (χ0) is 12.8. The minimum absolute atomic E-state index is 0.542. The van der Waals surface area contributed by atoms with E-state index in [0.717, 1.165) is 5.56 Å². The molecule has 1 unspecified atom stereocenters. The molecule has 0 aliphatic carbocycles. The van der Waals surface area contributed by atoms with Gasteiger partial charge >= 0.3 is 0 Å². The lowest BCUT2D eigenvalue weighted by Crippen LogP contribution is -2.25. The molecule has 2 rings (SSSR count). The van der Waals surface area contributed by atoms with Crippen LogP contribution in [0.25, 0.3) is 0 Å². The molecule has 18 heavy (non-hydrogen) atoms. The van der Waals surface area contributed by atoms with E-state index in [1.165, 1.54) is 6.21 Å². The Morgan fingerprint density at radius 2 is 2.11 bits per heavy atom. The first-order valence-electron chi connectivity index (χ1n) is 5.35. The molecule has 1 heterocycles. The van der Waals surface area contributed by atoms with Gasteiger partial charge in [0.05, 0.1) is 6.21 Å². The summed E-state index contributed by atoms with van der Waals surface area (Å²) in [4.78, 5) is 11.6. The Kier molecular flexibility index (Phi) is 4.22. The van der Waals surface area contributed by atoms with Gasteiger partial charge in [-0.3, -0.25) is 4.79 Å². The van der Waals surface area contributed by atoms with Crippen LogP contribution in [0.15, 0.2) is 52.3 Å². The molecule has 1 aromatic heterocycles. The van der Waals surface area contributed by atoms with E-state index >= 15 is 0 Å². The number of benzene rings is 1. The molecule has 4 nitrogen and oxygen atoms in total. The summed E-state index contributed by atoms with van der Waals surface area (Å²) in [6.45, 7) is 0. The number of nitrogens with one attached hydrogen (secondary N) is 1. The number of thiophene rings is 1. The van der Waals surface area contributed by atoms with Gasteiger partial charge in [-0.25, -0.2) is 5.43 Å². The highest BCUT2D eigenvalue weighted by molar-refractivity contribution is 7.08. The Labute approximate surface area is 109 Å². The van der Waals surface area contributed by atoms with Crippen molar-refractivity contribution in [3.8, 4) is 0 Å². The van der Waals surface area contributed by atoms with Crippen molar-refractivity contribution < 1.29 is 9.90 Å². The van der Waals surface area contributed by atoms with Crippen molar-refractivity contribution in [3.05, 3.63) is 58.3 Å². The van der Waals surface area contributed by atoms with E-state index in [1.54, 1.807) is 35.6 Å². The summed E-state index contributed by atoms with van der Waals surface area (Å²) in [6, 6.07) is 10.6. The summed E-state index contributed by atoms with van der Waals surface area (Å²) in [6.07, 6.45) is 0.331. The highest BCUT2D eigenvalue weighted by Crippen LogP contribution is 2.11. The van der Waals surface area contributed by atoms with Crippen LogP contribution in [0.4, 0.5) is 0 Å². The summed E-state index contributed by atoms with van der Waals surface area (Å²) in [5, 5.41) is 17.4. The molecule has 0 spiro atoms. The molecule has 2 aromatic rings. The van der Waals surface area contributed by atoms with Gasteiger partial charge in [0.25, 0.3) is 5.91 Å². The molecule has 0 saturated carbocycles. The van der Waals surface area contributed by atoms with E-state index in [-0.39, 0.29) is 0 Å². The van der Waals surface area contributed by atoms with Crippen LogP contribution in [0, 0.1) is 0 Å². The van der Waals surface area contributed by atoms with Crippen LogP contribution >= 0.6 is 11.3 Å². The first kappa shape index (κ1) is 12.5. The number of carbonyl (C=O) groups is 1. The van der Waals surface area contributed by atoms with Gasteiger partial charge in [-0.15, -0.1) is 0 Å². The van der Waals surface area contributed by atoms with Gasteiger partial charge < -0.3 is 5.11 Å². The van der Waals surface area contributed by atoms with Gasteiger partial charge in [0.15, 0.2) is 6.10 Å². The van der Waals surface area contributed by atoms with Gasteiger partial charge in [-0.1, -0.05) is 30.3 Å². The normalized spacial score (nSPS) is 12.5. The number of amides is 1. The number of aliphatic hydroxyl groups excluding tert-OH is 1. The predicted octanol–water partition coefficient (Wildman–Crippen LogP) is 1.93. The number of hydrogen-bond acceptors (Lipinski definition) is 4. The predicted molar refractivity (Wildman–Crippen MR) is 71.5 cm³/mol. The van der Waals surface area contributed by atoms with Crippen LogP contribution in [0.3, 0.4) is 0 Å². The van der Waals surface area contributed by atoms with E-state index < -0.39 is 12.0 Å². The van der Waals surface area contributed by atoms with Gasteiger partial charge in [0, 0.05) is 5.56 Å². The third-order valence-electron chi connectivity index (χ3n) is 2.30. The summed E-state index contributed by atoms with van der Waals surface area (Å²) in [5.74, 6) is -0.548. The van der Waals surface area contributed by atoms with Crippen LogP contribution < -0.4 is 5.43 Å².